The molecule has 1 amide bonds. The SMILES string of the molecule is CCCNC(=O)c1csc2c(NCCCc3ccccc3)nc(-c3ccncc3)nc12. The van der Waals surface area contributed by atoms with E-state index in [9.17, 15) is 4.79 Å². The van der Waals surface area contributed by atoms with Gasteiger partial charge in [0.15, 0.2) is 5.82 Å². The van der Waals surface area contributed by atoms with Gasteiger partial charge in [-0.05, 0) is 37.0 Å². The van der Waals surface area contributed by atoms with Gasteiger partial charge in [0.25, 0.3) is 5.91 Å². The Balaban J connectivity index is 1.61. The lowest BCUT2D eigenvalue weighted by Gasteiger charge is -2.10. The number of fused-ring (bicyclic) bond motifs is 1. The Bertz CT molecular complexity index is 1140. The summed E-state index contributed by atoms with van der Waals surface area (Å²) in [5.74, 6) is 1.26. The summed E-state index contributed by atoms with van der Waals surface area (Å²) in [6.45, 7) is 3.46. The number of carbonyl (C=O) groups is 1. The standard InChI is InChI=1S/C24H25N5OS/c1-2-12-27-24(30)19-16-31-21-20(19)28-22(18-10-14-25-15-11-18)29-23(21)26-13-6-9-17-7-4-3-5-8-17/h3-5,7-8,10-11,14-16H,2,6,9,12-13H2,1H3,(H,27,30)(H,26,28,29). The van der Waals surface area contributed by atoms with Gasteiger partial charge in [-0.1, -0.05) is 37.3 Å². The molecule has 31 heavy (non-hydrogen) atoms. The van der Waals surface area contributed by atoms with Crippen molar-refractivity contribution in [3.05, 3.63) is 71.4 Å². The van der Waals surface area contributed by atoms with Gasteiger partial charge in [-0.15, -0.1) is 11.3 Å². The predicted molar refractivity (Wildman–Crippen MR) is 127 cm³/mol. The first-order chi connectivity index (χ1) is 15.3. The summed E-state index contributed by atoms with van der Waals surface area (Å²) in [5, 5.41) is 8.30. The second kappa shape index (κ2) is 10.1. The average Bonchev–Trinajstić information content (AvgIpc) is 3.26. The number of thiophene rings is 1. The number of nitrogens with zero attached hydrogens (tertiary/aromatic N) is 3. The van der Waals surface area contributed by atoms with Crippen molar-refractivity contribution in [3.63, 3.8) is 0 Å². The van der Waals surface area contributed by atoms with Crippen molar-refractivity contribution < 1.29 is 4.79 Å². The van der Waals surface area contributed by atoms with Crippen LogP contribution >= 0.6 is 11.3 Å². The third-order valence-electron chi connectivity index (χ3n) is 4.91. The largest absolute Gasteiger partial charge is 0.369 e. The fraction of sp³-hybridized carbons (Fsp3) is 0.250. The van der Waals surface area contributed by atoms with E-state index < -0.39 is 0 Å². The molecule has 0 spiro atoms. The molecule has 1 aromatic carbocycles. The van der Waals surface area contributed by atoms with Crippen LogP contribution in [0.2, 0.25) is 0 Å². The number of benzene rings is 1. The molecule has 0 fully saturated rings. The number of hydrogen-bond acceptors (Lipinski definition) is 6. The van der Waals surface area contributed by atoms with E-state index in [1.54, 1.807) is 12.4 Å². The molecule has 7 heteroatoms. The maximum atomic E-state index is 12.7. The molecule has 0 aliphatic heterocycles. The highest BCUT2D eigenvalue weighted by Crippen LogP contribution is 2.32. The van der Waals surface area contributed by atoms with Crippen LogP contribution in [-0.2, 0) is 6.42 Å². The number of hydrogen-bond donors (Lipinski definition) is 2. The zero-order valence-corrected chi connectivity index (χ0v) is 18.3. The minimum atomic E-state index is -0.0949. The van der Waals surface area contributed by atoms with Gasteiger partial charge in [-0.3, -0.25) is 9.78 Å². The molecule has 158 valence electrons. The van der Waals surface area contributed by atoms with Gasteiger partial charge in [0.05, 0.1) is 10.3 Å². The lowest BCUT2D eigenvalue weighted by atomic mass is 10.1. The summed E-state index contributed by atoms with van der Waals surface area (Å²) < 4.78 is 0.902. The summed E-state index contributed by atoms with van der Waals surface area (Å²) in [5.41, 5.74) is 3.47. The van der Waals surface area contributed by atoms with E-state index in [1.165, 1.54) is 16.9 Å². The van der Waals surface area contributed by atoms with Gasteiger partial charge >= 0.3 is 0 Å². The zero-order chi connectivity index (χ0) is 21.5. The maximum Gasteiger partial charge on any atom is 0.254 e. The fourth-order valence-corrected chi connectivity index (χ4v) is 4.26. The minimum Gasteiger partial charge on any atom is -0.369 e. The molecule has 0 unspecified atom stereocenters. The molecule has 6 nitrogen and oxygen atoms in total. The van der Waals surface area contributed by atoms with Crippen molar-refractivity contribution in [1.82, 2.24) is 20.3 Å². The van der Waals surface area contributed by atoms with Crippen molar-refractivity contribution >= 4 is 33.3 Å². The van der Waals surface area contributed by atoms with E-state index in [2.05, 4.69) is 39.9 Å². The van der Waals surface area contributed by atoms with Crippen LogP contribution in [0.3, 0.4) is 0 Å². The second-order valence-electron chi connectivity index (χ2n) is 7.23. The highest BCUT2D eigenvalue weighted by Gasteiger charge is 2.18. The van der Waals surface area contributed by atoms with E-state index in [4.69, 9.17) is 9.97 Å². The molecule has 3 heterocycles. The molecular weight excluding hydrogens is 406 g/mol. The lowest BCUT2D eigenvalue weighted by Crippen LogP contribution is -2.23. The molecule has 4 aromatic rings. The van der Waals surface area contributed by atoms with Gasteiger partial charge in [0, 0.05) is 36.4 Å². The number of anilines is 1. The monoisotopic (exact) mass is 431 g/mol. The minimum absolute atomic E-state index is 0.0949. The molecule has 0 atom stereocenters. The van der Waals surface area contributed by atoms with Crippen LogP contribution in [0.5, 0.6) is 0 Å². The van der Waals surface area contributed by atoms with Gasteiger partial charge < -0.3 is 10.6 Å². The van der Waals surface area contributed by atoms with Crippen LogP contribution in [0.15, 0.2) is 60.2 Å². The van der Waals surface area contributed by atoms with Gasteiger partial charge in [0.2, 0.25) is 0 Å². The molecule has 0 aliphatic rings. The van der Waals surface area contributed by atoms with Crippen molar-refractivity contribution in [3.8, 4) is 11.4 Å². The highest BCUT2D eigenvalue weighted by molar-refractivity contribution is 7.18. The first-order valence-electron chi connectivity index (χ1n) is 10.5. The number of pyridine rings is 1. The van der Waals surface area contributed by atoms with E-state index in [-0.39, 0.29) is 5.91 Å². The van der Waals surface area contributed by atoms with E-state index in [0.717, 1.165) is 41.9 Å². The quantitative estimate of drug-likeness (QED) is 0.367. The highest BCUT2D eigenvalue weighted by atomic mass is 32.1. The number of aryl methyl sites for hydroxylation is 1. The summed E-state index contributed by atoms with van der Waals surface area (Å²) in [6.07, 6.45) is 6.31. The first kappa shape index (κ1) is 20.9. The van der Waals surface area contributed by atoms with E-state index in [0.29, 0.717) is 23.4 Å². The molecule has 0 saturated heterocycles. The maximum absolute atomic E-state index is 12.7. The summed E-state index contributed by atoms with van der Waals surface area (Å²) in [6, 6.07) is 14.2. The van der Waals surface area contributed by atoms with Gasteiger partial charge in [-0.2, -0.15) is 0 Å². The molecule has 0 aliphatic carbocycles. The topological polar surface area (TPSA) is 79.8 Å². The number of amides is 1. The molecular formula is C24H25N5OS. The predicted octanol–water partition coefficient (Wildman–Crippen LogP) is 4.94. The van der Waals surface area contributed by atoms with Crippen LogP contribution in [0.25, 0.3) is 21.6 Å². The number of nitrogens with one attached hydrogen (secondary N) is 2. The number of rotatable bonds is 9. The normalized spacial score (nSPS) is 10.9. The summed E-state index contributed by atoms with van der Waals surface area (Å²) in [7, 11) is 0. The fourth-order valence-electron chi connectivity index (χ4n) is 3.31. The van der Waals surface area contributed by atoms with E-state index in [1.807, 2.05) is 30.5 Å². The number of carbonyl (C=O) groups excluding carboxylic acids is 1. The van der Waals surface area contributed by atoms with Gasteiger partial charge in [0.1, 0.15) is 11.3 Å². The van der Waals surface area contributed by atoms with Crippen LogP contribution in [0.4, 0.5) is 5.82 Å². The Hall–Kier alpha value is -3.32. The Morgan fingerprint density at radius 3 is 2.61 bits per heavy atom. The van der Waals surface area contributed by atoms with Crippen LogP contribution in [0, 0.1) is 0 Å². The summed E-state index contributed by atoms with van der Waals surface area (Å²) >= 11 is 1.50. The Morgan fingerprint density at radius 1 is 1.03 bits per heavy atom. The zero-order valence-electron chi connectivity index (χ0n) is 17.5. The summed E-state index contributed by atoms with van der Waals surface area (Å²) in [4.78, 5) is 26.3. The molecule has 3 aromatic heterocycles. The molecule has 0 saturated carbocycles. The van der Waals surface area contributed by atoms with Crippen LogP contribution < -0.4 is 10.6 Å². The number of aromatic nitrogens is 3. The van der Waals surface area contributed by atoms with Crippen LogP contribution in [0.1, 0.15) is 35.7 Å². The Morgan fingerprint density at radius 2 is 1.84 bits per heavy atom. The second-order valence-corrected chi connectivity index (χ2v) is 8.11. The first-order valence-corrected chi connectivity index (χ1v) is 11.4. The molecule has 4 rings (SSSR count). The van der Waals surface area contributed by atoms with Gasteiger partial charge in [-0.25, -0.2) is 9.97 Å². The van der Waals surface area contributed by atoms with Crippen molar-refractivity contribution in [1.29, 1.82) is 0 Å². The molecule has 0 bridgehead atoms. The molecule has 0 radical (unpaired) electrons. The van der Waals surface area contributed by atoms with Crippen molar-refractivity contribution in [2.75, 3.05) is 18.4 Å². The lowest BCUT2D eigenvalue weighted by molar-refractivity contribution is 0.0955. The average molecular weight is 432 g/mol. The van der Waals surface area contributed by atoms with Crippen LogP contribution in [-0.4, -0.2) is 33.9 Å². The van der Waals surface area contributed by atoms with E-state index >= 15 is 0 Å². The van der Waals surface area contributed by atoms with Crippen molar-refractivity contribution in [2.45, 2.75) is 26.2 Å². The Labute approximate surface area is 185 Å². The third kappa shape index (κ3) is 5.06. The smallest absolute Gasteiger partial charge is 0.254 e. The third-order valence-corrected chi connectivity index (χ3v) is 5.89. The Kier molecular flexibility index (Phi) is 6.84. The van der Waals surface area contributed by atoms with Crippen molar-refractivity contribution in [2.24, 2.45) is 0 Å². The molecule has 2 N–H and O–H groups in total.